The molecule has 0 saturated heterocycles. The van der Waals surface area contributed by atoms with Crippen LogP contribution in [0.15, 0.2) is 18.2 Å². The van der Waals surface area contributed by atoms with Gasteiger partial charge in [-0.3, -0.25) is 9.59 Å². The summed E-state index contributed by atoms with van der Waals surface area (Å²) in [4.78, 5) is 22.6. The maximum atomic E-state index is 13.0. The number of phenols is 1. The van der Waals surface area contributed by atoms with Crippen molar-refractivity contribution >= 4 is 11.8 Å². The first-order valence-electron chi connectivity index (χ1n) is 5.30. The van der Waals surface area contributed by atoms with E-state index in [2.05, 4.69) is 5.32 Å². The quantitative estimate of drug-likeness (QED) is 0.745. The van der Waals surface area contributed by atoms with Crippen molar-refractivity contribution in [2.45, 2.75) is 25.8 Å². The number of rotatable bonds is 4. The second-order valence-corrected chi connectivity index (χ2v) is 4.64. The second kappa shape index (κ2) is 5.03. The highest BCUT2D eigenvalue weighted by atomic mass is 19.1. The molecule has 6 heteroatoms. The van der Waals surface area contributed by atoms with E-state index in [1.165, 1.54) is 0 Å². The number of amides is 2. The number of carbonyl (C=O) groups excluding carboxylic acids is 2. The molecule has 2 amide bonds. The average Bonchev–Trinajstić information content (AvgIpc) is 2.18. The Morgan fingerprint density at radius 2 is 2.06 bits per heavy atom. The van der Waals surface area contributed by atoms with Gasteiger partial charge in [-0.15, -0.1) is 0 Å². The molecule has 18 heavy (non-hydrogen) atoms. The summed E-state index contributed by atoms with van der Waals surface area (Å²) in [5, 5.41) is 12.0. The molecule has 0 aliphatic heterocycles. The van der Waals surface area contributed by atoms with E-state index in [-0.39, 0.29) is 17.7 Å². The van der Waals surface area contributed by atoms with E-state index in [4.69, 9.17) is 5.73 Å². The van der Waals surface area contributed by atoms with Crippen LogP contribution in [-0.2, 0) is 4.79 Å². The van der Waals surface area contributed by atoms with Crippen LogP contribution >= 0.6 is 0 Å². The monoisotopic (exact) mass is 254 g/mol. The first-order valence-corrected chi connectivity index (χ1v) is 5.30. The van der Waals surface area contributed by atoms with Gasteiger partial charge in [-0.2, -0.15) is 0 Å². The van der Waals surface area contributed by atoms with Crippen LogP contribution in [0, 0.1) is 5.82 Å². The zero-order valence-corrected chi connectivity index (χ0v) is 10.2. The molecule has 5 nitrogen and oxygen atoms in total. The van der Waals surface area contributed by atoms with E-state index in [1.807, 2.05) is 0 Å². The molecular formula is C12H15FN2O3. The number of carbonyl (C=O) groups is 2. The molecule has 1 aromatic carbocycles. The molecule has 0 aliphatic rings. The van der Waals surface area contributed by atoms with Crippen molar-refractivity contribution in [3.63, 3.8) is 0 Å². The molecule has 0 saturated carbocycles. The Morgan fingerprint density at radius 3 is 2.61 bits per heavy atom. The highest BCUT2D eigenvalue weighted by molar-refractivity contribution is 5.97. The predicted molar refractivity (Wildman–Crippen MR) is 63.4 cm³/mol. The fourth-order valence-corrected chi connectivity index (χ4v) is 1.54. The van der Waals surface area contributed by atoms with Crippen molar-refractivity contribution in [1.29, 1.82) is 0 Å². The SMILES string of the molecule is CC(C)(CC(N)=O)NC(=O)c1cc(F)ccc1O. The minimum atomic E-state index is -0.873. The third-order valence-corrected chi connectivity index (χ3v) is 2.27. The van der Waals surface area contributed by atoms with Gasteiger partial charge in [0.25, 0.3) is 5.91 Å². The Kier molecular flexibility index (Phi) is 3.90. The average molecular weight is 254 g/mol. The minimum absolute atomic E-state index is 0.0607. The molecule has 4 N–H and O–H groups in total. The lowest BCUT2D eigenvalue weighted by Crippen LogP contribution is -2.46. The number of benzene rings is 1. The summed E-state index contributed by atoms with van der Waals surface area (Å²) < 4.78 is 13.0. The number of hydrogen-bond donors (Lipinski definition) is 3. The van der Waals surface area contributed by atoms with Gasteiger partial charge in [-0.1, -0.05) is 0 Å². The molecule has 0 aliphatic carbocycles. The van der Waals surface area contributed by atoms with Gasteiger partial charge in [0.15, 0.2) is 0 Å². The smallest absolute Gasteiger partial charge is 0.255 e. The summed E-state index contributed by atoms with van der Waals surface area (Å²) >= 11 is 0. The summed E-state index contributed by atoms with van der Waals surface area (Å²) in [7, 11) is 0. The zero-order chi connectivity index (χ0) is 13.9. The Morgan fingerprint density at radius 1 is 1.44 bits per heavy atom. The Bertz CT molecular complexity index is 486. The van der Waals surface area contributed by atoms with Gasteiger partial charge < -0.3 is 16.2 Å². The minimum Gasteiger partial charge on any atom is -0.507 e. The van der Waals surface area contributed by atoms with Gasteiger partial charge >= 0.3 is 0 Å². The molecule has 0 fully saturated rings. The van der Waals surface area contributed by atoms with Gasteiger partial charge in [0.2, 0.25) is 5.91 Å². The van der Waals surface area contributed by atoms with E-state index < -0.39 is 23.2 Å². The van der Waals surface area contributed by atoms with Gasteiger partial charge in [0.05, 0.1) is 5.56 Å². The molecule has 0 spiro atoms. The van der Waals surface area contributed by atoms with Crippen LogP contribution in [0.1, 0.15) is 30.6 Å². The fourth-order valence-electron chi connectivity index (χ4n) is 1.54. The summed E-state index contributed by atoms with van der Waals surface area (Å²) in [5.41, 5.74) is 3.99. The molecule has 1 rings (SSSR count). The number of hydrogen-bond acceptors (Lipinski definition) is 3. The summed E-state index contributed by atoms with van der Waals surface area (Å²) in [6.07, 6.45) is -0.0607. The Labute approximate surface area is 104 Å². The first-order chi connectivity index (χ1) is 8.21. The third-order valence-electron chi connectivity index (χ3n) is 2.27. The normalized spacial score (nSPS) is 11.1. The number of halogens is 1. The van der Waals surface area contributed by atoms with Gasteiger partial charge in [0, 0.05) is 12.0 Å². The van der Waals surface area contributed by atoms with Gasteiger partial charge in [-0.05, 0) is 32.0 Å². The van der Waals surface area contributed by atoms with Crippen molar-refractivity contribution in [2.24, 2.45) is 5.73 Å². The summed E-state index contributed by atoms with van der Waals surface area (Å²) in [6, 6.07) is 3.05. The molecule has 0 heterocycles. The number of nitrogens with two attached hydrogens (primary N) is 1. The Hall–Kier alpha value is -2.11. The first kappa shape index (κ1) is 14.0. The lowest BCUT2D eigenvalue weighted by Gasteiger charge is -2.24. The maximum Gasteiger partial charge on any atom is 0.255 e. The molecule has 98 valence electrons. The summed E-state index contributed by atoms with van der Waals surface area (Å²) in [6.45, 7) is 3.21. The van der Waals surface area contributed by atoms with Crippen molar-refractivity contribution < 1.29 is 19.1 Å². The summed E-state index contributed by atoms with van der Waals surface area (Å²) in [5.74, 6) is -2.20. The standard InChI is InChI=1S/C12H15FN2O3/c1-12(2,6-10(14)17)15-11(18)8-5-7(13)3-4-9(8)16/h3-5,16H,6H2,1-2H3,(H2,14,17)(H,15,18). The number of nitrogens with one attached hydrogen (secondary N) is 1. The van der Waals surface area contributed by atoms with Crippen molar-refractivity contribution in [3.8, 4) is 5.75 Å². The van der Waals surface area contributed by atoms with E-state index in [1.54, 1.807) is 13.8 Å². The Balaban J connectivity index is 2.88. The van der Waals surface area contributed by atoms with Crippen LogP contribution in [0.25, 0.3) is 0 Å². The zero-order valence-electron chi connectivity index (χ0n) is 10.2. The highest BCUT2D eigenvalue weighted by Gasteiger charge is 2.24. The van der Waals surface area contributed by atoms with Crippen molar-refractivity contribution in [2.75, 3.05) is 0 Å². The highest BCUT2D eigenvalue weighted by Crippen LogP contribution is 2.19. The number of aromatic hydroxyl groups is 1. The lowest BCUT2D eigenvalue weighted by atomic mass is 9.99. The van der Waals surface area contributed by atoms with Crippen LogP contribution in [0.5, 0.6) is 5.75 Å². The molecular weight excluding hydrogens is 239 g/mol. The molecule has 0 atom stereocenters. The largest absolute Gasteiger partial charge is 0.507 e. The third kappa shape index (κ3) is 3.73. The van der Waals surface area contributed by atoms with Crippen LogP contribution in [0.4, 0.5) is 4.39 Å². The van der Waals surface area contributed by atoms with Crippen LogP contribution < -0.4 is 11.1 Å². The van der Waals surface area contributed by atoms with Crippen LogP contribution in [0.2, 0.25) is 0 Å². The topological polar surface area (TPSA) is 92.4 Å². The van der Waals surface area contributed by atoms with E-state index in [9.17, 15) is 19.1 Å². The van der Waals surface area contributed by atoms with Gasteiger partial charge in [0.1, 0.15) is 11.6 Å². The van der Waals surface area contributed by atoms with E-state index >= 15 is 0 Å². The number of primary amides is 1. The number of phenolic OH excluding ortho intramolecular Hbond substituents is 1. The molecule has 0 bridgehead atoms. The van der Waals surface area contributed by atoms with Gasteiger partial charge in [-0.25, -0.2) is 4.39 Å². The van der Waals surface area contributed by atoms with Crippen molar-refractivity contribution in [3.05, 3.63) is 29.6 Å². The van der Waals surface area contributed by atoms with E-state index in [0.717, 1.165) is 18.2 Å². The second-order valence-electron chi connectivity index (χ2n) is 4.64. The lowest BCUT2D eigenvalue weighted by molar-refractivity contribution is -0.119. The van der Waals surface area contributed by atoms with Crippen molar-refractivity contribution in [1.82, 2.24) is 5.32 Å². The van der Waals surface area contributed by atoms with E-state index in [0.29, 0.717) is 0 Å². The molecule has 0 unspecified atom stereocenters. The van der Waals surface area contributed by atoms with Crippen LogP contribution in [0.3, 0.4) is 0 Å². The van der Waals surface area contributed by atoms with Crippen LogP contribution in [-0.4, -0.2) is 22.5 Å². The maximum absolute atomic E-state index is 13.0. The molecule has 1 aromatic rings. The molecule has 0 aromatic heterocycles. The predicted octanol–water partition coefficient (Wildman–Crippen LogP) is 0.915. The fraction of sp³-hybridized carbons (Fsp3) is 0.333. The molecule has 0 radical (unpaired) electrons.